The predicted octanol–water partition coefficient (Wildman–Crippen LogP) is 1.72. The van der Waals surface area contributed by atoms with E-state index in [0.717, 1.165) is 6.42 Å². The van der Waals surface area contributed by atoms with Gasteiger partial charge in [0.2, 0.25) is 0 Å². The third kappa shape index (κ3) is 2.84. The maximum Gasteiger partial charge on any atom is 0.416 e. The van der Waals surface area contributed by atoms with Crippen molar-refractivity contribution in [2.75, 3.05) is 6.61 Å². The highest BCUT2D eigenvalue weighted by atomic mass is 19.4. The van der Waals surface area contributed by atoms with Crippen LogP contribution in [0.2, 0.25) is 0 Å². The first-order valence-corrected chi connectivity index (χ1v) is 4.27. The molecule has 1 aliphatic rings. The van der Waals surface area contributed by atoms with Gasteiger partial charge in [0.25, 0.3) is 0 Å². The standard InChI is InChI=1S/C8H13F3O2/c1-5-2-3-13-6(4-5)7(12)8(9,10)11/h5-7,12H,2-4H2,1H3. The zero-order valence-corrected chi connectivity index (χ0v) is 7.34. The van der Waals surface area contributed by atoms with E-state index < -0.39 is 18.4 Å². The molecule has 0 spiro atoms. The Balaban J connectivity index is 2.51. The highest BCUT2D eigenvalue weighted by molar-refractivity contribution is 4.80. The monoisotopic (exact) mass is 198 g/mol. The average molecular weight is 198 g/mol. The first-order chi connectivity index (χ1) is 5.91. The lowest BCUT2D eigenvalue weighted by molar-refractivity contribution is -0.243. The van der Waals surface area contributed by atoms with Crippen LogP contribution in [0.15, 0.2) is 0 Å². The molecule has 78 valence electrons. The van der Waals surface area contributed by atoms with Gasteiger partial charge in [-0.05, 0) is 18.8 Å². The van der Waals surface area contributed by atoms with Crippen molar-refractivity contribution in [2.24, 2.45) is 5.92 Å². The molecule has 0 aromatic rings. The molecule has 1 aliphatic heterocycles. The Morgan fingerprint density at radius 2 is 2.08 bits per heavy atom. The zero-order valence-electron chi connectivity index (χ0n) is 7.34. The fourth-order valence-electron chi connectivity index (χ4n) is 1.43. The number of alkyl halides is 3. The third-order valence-electron chi connectivity index (χ3n) is 2.26. The molecule has 1 saturated heterocycles. The van der Waals surface area contributed by atoms with Gasteiger partial charge in [-0.1, -0.05) is 6.92 Å². The molecule has 5 heteroatoms. The summed E-state index contributed by atoms with van der Waals surface area (Å²) in [7, 11) is 0. The minimum Gasteiger partial charge on any atom is -0.381 e. The quantitative estimate of drug-likeness (QED) is 0.695. The molecule has 1 rings (SSSR count). The number of aliphatic hydroxyl groups excluding tert-OH is 1. The number of hydrogen-bond acceptors (Lipinski definition) is 2. The smallest absolute Gasteiger partial charge is 0.381 e. The molecule has 0 amide bonds. The van der Waals surface area contributed by atoms with Crippen LogP contribution >= 0.6 is 0 Å². The Labute approximate surface area is 74.7 Å². The van der Waals surface area contributed by atoms with Crippen LogP contribution in [0, 0.1) is 5.92 Å². The van der Waals surface area contributed by atoms with Crippen LogP contribution in [0.5, 0.6) is 0 Å². The first kappa shape index (κ1) is 10.8. The predicted molar refractivity (Wildman–Crippen MR) is 40.2 cm³/mol. The fourth-order valence-corrected chi connectivity index (χ4v) is 1.43. The fraction of sp³-hybridized carbons (Fsp3) is 1.00. The van der Waals surface area contributed by atoms with Gasteiger partial charge in [0, 0.05) is 6.61 Å². The van der Waals surface area contributed by atoms with Gasteiger partial charge in [-0.2, -0.15) is 13.2 Å². The van der Waals surface area contributed by atoms with Crippen LogP contribution in [0.4, 0.5) is 13.2 Å². The summed E-state index contributed by atoms with van der Waals surface area (Å²) in [6.45, 7) is 2.16. The van der Waals surface area contributed by atoms with Crippen LogP contribution < -0.4 is 0 Å². The van der Waals surface area contributed by atoms with Crippen LogP contribution in [0.3, 0.4) is 0 Å². The summed E-state index contributed by atoms with van der Waals surface area (Å²) in [6, 6.07) is 0. The zero-order chi connectivity index (χ0) is 10.1. The SMILES string of the molecule is CC1CCOC(C(O)C(F)(F)F)C1. The van der Waals surface area contributed by atoms with Gasteiger partial charge in [-0.25, -0.2) is 0 Å². The molecule has 0 bridgehead atoms. The Morgan fingerprint density at radius 1 is 1.46 bits per heavy atom. The van der Waals surface area contributed by atoms with Crippen LogP contribution in [-0.2, 0) is 4.74 Å². The Hall–Kier alpha value is -0.290. The van der Waals surface area contributed by atoms with E-state index in [9.17, 15) is 13.2 Å². The van der Waals surface area contributed by atoms with E-state index in [-0.39, 0.29) is 12.3 Å². The third-order valence-corrected chi connectivity index (χ3v) is 2.26. The van der Waals surface area contributed by atoms with Crippen molar-refractivity contribution >= 4 is 0 Å². The van der Waals surface area contributed by atoms with Crippen molar-refractivity contribution < 1.29 is 23.0 Å². The van der Waals surface area contributed by atoms with Crippen molar-refractivity contribution in [3.05, 3.63) is 0 Å². The lowest BCUT2D eigenvalue weighted by Crippen LogP contribution is -2.44. The van der Waals surface area contributed by atoms with Gasteiger partial charge in [-0.15, -0.1) is 0 Å². The summed E-state index contributed by atoms with van der Waals surface area (Å²) < 4.78 is 41.0. The first-order valence-electron chi connectivity index (χ1n) is 4.27. The van der Waals surface area contributed by atoms with Gasteiger partial charge in [0.1, 0.15) is 0 Å². The maximum atomic E-state index is 12.0. The summed E-state index contributed by atoms with van der Waals surface area (Å²) in [4.78, 5) is 0. The maximum absolute atomic E-state index is 12.0. The molecular weight excluding hydrogens is 185 g/mol. The minimum absolute atomic E-state index is 0.191. The normalized spacial score (nSPS) is 33.0. The summed E-state index contributed by atoms with van der Waals surface area (Å²) in [6.07, 6.45) is -6.94. The molecule has 2 nitrogen and oxygen atoms in total. The van der Waals surface area contributed by atoms with E-state index in [1.807, 2.05) is 6.92 Å². The second-order valence-electron chi connectivity index (χ2n) is 3.53. The van der Waals surface area contributed by atoms with Gasteiger partial charge in [0.15, 0.2) is 6.10 Å². The molecule has 0 saturated carbocycles. The Kier molecular flexibility index (Phi) is 3.18. The Bertz CT molecular complexity index is 169. The molecule has 0 aromatic carbocycles. The van der Waals surface area contributed by atoms with Crippen molar-refractivity contribution in [1.82, 2.24) is 0 Å². The van der Waals surface area contributed by atoms with E-state index in [2.05, 4.69) is 0 Å². The van der Waals surface area contributed by atoms with Gasteiger partial charge < -0.3 is 9.84 Å². The van der Waals surface area contributed by atoms with E-state index in [1.54, 1.807) is 0 Å². The lowest BCUT2D eigenvalue weighted by Gasteiger charge is -2.31. The molecule has 13 heavy (non-hydrogen) atoms. The average Bonchev–Trinajstić information content (AvgIpc) is 2.01. The van der Waals surface area contributed by atoms with E-state index in [1.165, 1.54) is 0 Å². The molecular formula is C8H13F3O2. The van der Waals surface area contributed by atoms with Crippen molar-refractivity contribution in [1.29, 1.82) is 0 Å². The molecule has 0 aliphatic carbocycles. The molecule has 3 atom stereocenters. The van der Waals surface area contributed by atoms with Gasteiger partial charge in [0.05, 0.1) is 6.10 Å². The van der Waals surface area contributed by atoms with Crippen molar-refractivity contribution in [2.45, 2.75) is 38.1 Å². The second-order valence-corrected chi connectivity index (χ2v) is 3.53. The largest absolute Gasteiger partial charge is 0.416 e. The number of aliphatic hydroxyl groups is 1. The highest BCUT2D eigenvalue weighted by Crippen LogP contribution is 2.30. The van der Waals surface area contributed by atoms with Crippen LogP contribution in [0.25, 0.3) is 0 Å². The molecule has 0 aromatic heterocycles. The molecule has 1 fully saturated rings. The van der Waals surface area contributed by atoms with Crippen molar-refractivity contribution in [3.63, 3.8) is 0 Å². The second kappa shape index (κ2) is 3.84. The van der Waals surface area contributed by atoms with E-state index in [0.29, 0.717) is 6.61 Å². The number of ether oxygens (including phenoxy) is 1. The minimum atomic E-state index is -4.57. The number of hydrogen-bond donors (Lipinski definition) is 1. The van der Waals surface area contributed by atoms with E-state index in [4.69, 9.17) is 9.84 Å². The van der Waals surface area contributed by atoms with Gasteiger partial charge in [-0.3, -0.25) is 0 Å². The molecule has 1 N–H and O–H groups in total. The highest BCUT2D eigenvalue weighted by Gasteiger charge is 2.45. The molecule has 1 heterocycles. The van der Waals surface area contributed by atoms with Crippen molar-refractivity contribution in [3.8, 4) is 0 Å². The van der Waals surface area contributed by atoms with Crippen LogP contribution in [0.1, 0.15) is 19.8 Å². The Morgan fingerprint density at radius 3 is 2.54 bits per heavy atom. The number of rotatable bonds is 1. The lowest BCUT2D eigenvalue weighted by atomic mass is 9.94. The topological polar surface area (TPSA) is 29.5 Å². The summed E-state index contributed by atoms with van der Waals surface area (Å²) in [5.74, 6) is 0.191. The summed E-state index contributed by atoms with van der Waals surface area (Å²) in [5, 5.41) is 8.88. The summed E-state index contributed by atoms with van der Waals surface area (Å²) >= 11 is 0. The van der Waals surface area contributed by atoms with Crippen LogP contribution in [-0.4, -0.2) is 30.1 Å². The number of halogens is 3. The molecule has 0 radical (unpaired) electrons. The van der Waals surface area contributed by atoms with Gasteiger partial charge >= 0.3 is 6.18 Å². The molecule has 3 unspecified atom stereocenters. The summed E-state index contributed by atoms with van der Waals surface area (Å²) in [5.41, 5.74) is 0. The van der Waals surface area contributed by atoms with E-state index >= 15 is 0 Å².